The molecule has 7 N–H and O–H groups in total. The zero-order valence-electron chi connectivity index (χ0n) is 8.78. The normalized spacial score (nSPS) is 10.3. The summed E-state index contributed by atoms with van der Waals surface area (Å²) in [6.45, 7) is 1.65. The number of nitrogen functional groups attached to an aromatic ring is 2. The van der Waals surface area contributed by atoms with Gasteiger partial charge in [-0.15, -0.1) is 0 Å². The molecule has 0 aliphatic carbocycles. The van der Waals surface area contributed by atoms with Gasteiger partial charge in [-0.05, 0) is 24.6 Å². The van der Waals surface area contributed by atoms with Crippen LogP contribution in [0.15, 0.2) is 12.1 Å². The van der Waals surface area contributed by atoms with Crippen LogP contribution >= 0.6 is 0 Å². The van der Waals surface area contributed by atoms with Gasteiger partial charge in [0, 0.05) is 11.4 Å². The fourth-order valence-electron chi connectivity index (χ4n) is 0.982. The largest absolute Gasteiger partial charge is 0.478 e. The summed E-state index contributed by atoms with van der Waals surface area (Å²) in [5.41, 5.74) is 12.4. The number of rotatable bonds is 1. The van der Waals surface area contributed by atoms with Crippen LogP contribution in [0, 0.1) is 6.92 Å². The molecule has 0 amide bonds. The lowest BCUT2D eigenvalue weighted by molar-refractivity contribution is 0.0696. The first-order chi connectivity index (χ1) is 7.52. The van der Waals surface area contributed by atoms with Gasteiger partial charge in [-0.3, -0.25) is 9.11 Å². The molecular formula is C8H12N2O6S. The summed E-state index contributed by atoms with van der Waals surface area (Å²) < 4.78 is 31.6. The number of anilines is 2. The maximum atomic E-state index is 10.6. The van der Waals surface area contributed by atoms with E-state index in [-0.39, 0.29) is 5.56 Å². The van der Waals surface area contributed by atoms with E-state index in [1.54, 1.807) is 13.0 Å². The summed E-state index contributed by atoms with van der Waals surface area (Å²) >= 11 is 0. The van der Waals surface area contributed by atoms with Crippen LogP contribution in [0.2, 0.25) is 0 Å². The maximum Gasteiger partial charge on any atom is 0.394 e. The van der Waals surface area contributed by atoms with Gasteiger partial charge in [0.25, 0.3) is 0 Å². The van der Waals surface area contributed by atoms with Gasteiger partial charge in [0.1, 0.15) is 0 Å². The molecule has 0 spiro atoms. The molecule has 0 radical (unpaired) electrons. The number of nitrogens with two attached hydrogens (primary N) is 2. The van der Waals surface area contributed by atoms with Crippen molar-refractivity contribution in [1.29, 1.82) is 0 Å². The van der Waals surface area contributed by atoms with Crippen LogP contribution in [0.3, 0.4) is 0 Å². The van der Waals surface area contributed by atoms with Gasteiger partial charge in [-0.1, -0.05) is 0 Å². The van der Waals surface area contributed by atoms with E-state index in [2.05, 4.69) is 0 Å². The monoisotopic (exact) mass is 264 g/mol. The van der Waals surface area contributed by atoms with Gasteiger partial charge in [-0.25, -0.2) is 4.79 Å². The quantitative estimate of drug-likeness (QED) is 0.354. The molecule has 1 aromatic carbocycles. The van der Waals surface area contributed by atoms with Crippen LogP contribution < -0.4 is 11.5 Å². The van der Waals surface area contributed by atoms with Gasteiger partial charge in [0.15, 0.2) is 0 Å². The minimum atomic E-state index is -4.67. The molecule has 0 bridgehead atoms. The van der Waals surface area contributed by atoms with E-state index in [0.717, 1.165) is 0 Å². The lowest BCUT2D eigenvalue weighted by Crippen LogP contribution is -2.04. The summed E-state index contributed by atoms with van der Waals surface area (Å²) in [6.07, 6.45) is 0. The topological polar surface area (TPSA) is 164 Å². The second-order valence-electron chi connectivity index (χ2n) is 3.04. The number of benzene rings is 1. The summed E-state index contributed by atoms with van der Waals surface area (Å²) in [4.78, 5) is 10.6. The van der Waals surface area contributed by atoms with Gasteiger partial charge in [0.05, 0.1) is 5.56 Å². The molecule has 8 nitrogen and oxygen atoms in total. The first kappa shape index (κ1) is 15.2. The van der Waals surface area contributed by atoms with Crippen molar-refractivity contribution < 1.29 is 27.4 Å². The van der Waals surface area contributed by atoms with Gasteiger partial charge < -0.3 is 16.6 Å². The van der Waals surface area contributed by atoms with Crippen molar-refractivity contribution in [2.75, 3.05) is 11.5 Å². The van der Waals surface area contributed by atoms with Crippen LogP contribution in [-0.4, -0.2) is 28.6 Å². The summed E-state index contributed by atoms with van der Waals surface area (Å²) in [7, 11) is -4.67. The molecule has 1 rings (SSSR count). The van der Waals surface area contributed by atoms with Crippen LogP contribution in [0.25, 0.3) is 0 Å². The molecule has 0 saturated carbocycles. The van der Waals surface area contributed by atoms with Crippen LogP contribution in [0.1, 0.15) is 15.9 Å². The van der Waals surface area contributed by atoms with Crippen molar-refractivity contribution >= 4 is 27.7 Å². The lowest BCUT2D eigenvalue weighted by Gasteiger charge is -2.05. The highest BCUT2D eigenvalue weighted by molar-refractivity contribution is 7.79. The number of carboxylic acid groups (broad SMARTS) is 1. The third-order valence-electron chi connectivity index (χ3n) is 1.70. The molecule has 0 atom stereocenters. The minimum Gasteiger partial charge on any atom is -0.478 e. The first-order valence-electron chi connectivity index (χ1n) is 4.11. The number of hydrogen-bond donors (Lipinski definition) is 5. The van der Waals surface area contributed by atoms with E-state index in [4.69, 9.17) is 34.1 Å². The average molecular weight is 264 g/mol. The van der Waals surface area contributed by atoms with Crippen LogP contribution in [0.5, 0.6) is 0 Å². The highest BCUT2D eigenvalue weighted by atomic mass is 32.3. The van der Waals surface area contributed by atoms with E-state index >= 15 is 0 Å². The summed E-state index contributed by atoms with van der Waals surface area (Å²) in [6, 6.07) is 2.94. The zero-order valence-corrected chi connectivity index (χ0v) is 9.60. The number of carbonyl (C=O) groups is 1. The molecule has 96 valence electrons. The first-order valence-corrected chi connectivity index (χ1v) is 5.51. The third kappa shape index (κ3) is 6.35. The van der Waals surface area contributed by atoms with Crippen molar-refractivity contribution in [2.45, 2.75) is 6.92 Å². The second-order valence-corrected chi connectivity index (χ2v) is 3.93. The van der Waals surface area contributed by atoms with Crippen molar-refractivity contribution in [3.8, 4) is 0 Å². The Balaban J connectivity index is 0.000000437. The van der Waals surface area contributed by atoms with Crippen molar-refractivity contribution in [3.05, 3.63) is 23.3 Å². The van der Waals surface area contributed by atoms with Crippen molar-refractivity contribution in [1.82, 2.24) is 0 Å². The Morgan fingerprint density at radius 3 is 2.00 bits per heavy atom. The Morgan fingerprint density at radius 2 is 1.65 bits per heavy atom. The smallest absolute Gasteiger partial charge is 0.394 e. The highest BCUT2D eigenvalue weighted by Gasteiger charge is 2.09. The average Bonchev–Trinajstić information content (AvgIpc) is 2.07. The van der Waals surface area contributed by atoms with Crippen molar-refractivity contribution in [3.63, 3.8) is 0 Å². The van der Waals surface area contributed by atoms with E-state index in [0.29, 0.717) is 16.9 Å². The maximum absolute atomic E-state index is 10.6. The Labute approximate surface area is 97.4 Å². The number of hydrogen-bond acceptors (Lipinski definition) is 5. The van der Waals surface area contributed by atoms with Gasteiger partial charge in [0.2, 0.25) is 0 Å². The fraction of sp³-hybridized carbons (Fsp3) is 0.125. The molecule has 0 aromatic heterocycles. The molecule has 0 unspecified atom stereocenters. The molecule has 17 heavy (non-hydrogen) atoms. The lowest BCUT2D eigenvalue weighted by atomic mass is 10.1. The molecule has 0 heterocycles. The predicted molar refractivity (Wildman–Crippen MR) is 61.1 cm³/mol. The van der Waals surface area contributed by atoms with Crippen LogP contribution in [0.4, 0.5) is 11.4 Å². The molecule has 0 saturated heterocycles. The van der Waals surface area contributed by atoms with Crippen LogP contribution in [-0.2, 0) is 10.4 Å². The second kappa shape index (κ2) is 5.48. The van der Waals surface area contributed by atoms with E-state index < -0.39 is 16.4 Å². The molecule has 1 aromatic rings. The number of aromatic carboxylic acids is 1. The Kier molecular flexibility index (Phi) is 4.88. The summed E-state index contributed by atoms with van der Waals surface area (Å²) in [5.74, 6) is -1.01. The molecule has 0 aliphatic rings. The molecule has 0 aliphatic heterocycles. The van der Waals surface area contributed by atoms with Crippen molar-refractivity contribution in [2.24, 2.45) is 0 Å². The Hall–Kier alpha value is -1.84. The third-order valence-corrected chi connectivity index (χ3v) is 1.70. The Bertz CT molecular complexity index is 517. The number of carboxylic acids is 1. The van der Waals surface area contributed by atoms with E-state index in [9.17, 15) is 4.79 Å². The zero-order chi connectivity index (χ0) is 13.8. The predicted octanol–water partition coefficient (Wildman–Crippen LogP) is 0.205. The molecular weight excluding hydrogens is 252 g/mol. The minimum absolute atomic E-state index is 0.160. The van der Waals surface area contributed by atoms with Gasteiger partial charge in [-0.2, -0.15) is 8.42 Å². The SMILES string of the molecule is Cc1c(N)cc(N)cc1C(=O)O.O=S(=O)(O)O. The molecule has 9 heteroatoms. The van der Waals surface area contributed by atoms with E-state index in [1.807, 2.05) is 0 Å². The molecule has 0 fully saturated rings. The fourth-order valence-corrected chi connectivity index (χ4v) is 0.982. The highest BCUT2D eigenvalue weighted by Crippen LogP contribution is 2.19. The Morgan fingerprint density at radius 1 is 1.24 bits per heavy atom. The van der Waals surface area contributed by atoms with E-state index in [1.165, 1.54) is 6.07 Å². The summed E-state index contributed by atoms with van der Waals surface area (Å²) in [5, 5.41) is 8.70. The standard InChI is InChI=1S/C8H10N2O2.H2O4S/c1-4-6(8(11)12)2-5(9)3-7(4)10;1-5(2,3)4/h2-3H,9-10H2,1H3,(H,11,12);(H2,1,2,3,4). The van der Waals surface area contributed by atoms with Gasteiger partial charge >= 0.3 is 16.4 Å².